The highest BCUT2D eigenvalue weighted by molar-refractivity contribution is 6.04. The third-order valence-electron chi connectivity index (χ3n) is 6.71. The molecule has 39 heavy (non-hydrogen) atoms. The number of aromatic nitrogens is 2. The van der Waals surface area contributed by atoms with E-state index in [0.29, 0.717) is 29.8 Å². The molecule has 0 bridgehead atoms. The fourth-order valence-corrected chi connectivity index (χ4v) is 5.17. The summed E-state index contributed by atoms with van der Waals surface area (Å²) in [6.45, 7) is 5.53. The lowest BCUT2D eigenvalue weighted by Crippen LogP contribution is -2.39. The van der Waals surface area contributed by atoms with Gasteiger partial charge in [0.2, 0.25) is 0 Å². The van der Waals surface area contributed by atoms with Gasteiger partial charge in [-0.15, -0.1) is 0 Å². The van der Waals surface area contributed by atoms with E-state index in [9.17, 15) is 9.59 Å². The minimum absolute atomic E-state index is 0.0475. The molecule has 5 rings (SSSR count). The summed E-state index contributed by atoms with van der Waals surface area (Å²) in [5, 5.41) is 7.27. The maximum atomic E-state index is 12.9. The number of hydrogen-bond acceptors (Lipinski definition) is 5. The Morgan fingerprint density at radius 1 is 1.13 bits per heavy atom. The van der Waals surface area contributed by atoms with E-state index in [2.05, 4.69) is 41.3 Å². The van der Waals surface area contributed by atoms with E-state index >= 15 is 0 Å². The molecule has 0 saturated heterocycles. The summed E-state index contributed by atoms with van der Waals surface area (Å²) in [4.78, 5) is 27.9. The Kier molecular flexibility index (Phi) is 7.35. The summed E-state index contributed by atoms with van der Waals surface area (Å²) in [5.74, 6) is 0.602. The Hall–Kier alpha value is -4.23. The van der Waals surface area contributed by atoms with E-state index in [1.807, 2.05) is 56.6 Å². The zero-order chi connectivity index (χ0) is 27.6. The first-order valence-corrected chi connectivity index (χ1v) is 13.2. The number of benzene rings is 2. The number of Topliss-reactive ketones (excluding diaryl/α,β-unsaturated/α-hetero) is 1. The minimum atomic E-state index is -0.333. The second kappa shape index (κ2) is 10.9. The van der Waals surface area contributed by atoms with Gasteiger partial charge >= 0.3 is 0 Å². The molecule has 7 nitrogen and oxygen atoms in total. The Morgan fingerprint density at radius 2 is 1.92 bits per heavy atom. The van der Waals surface area contributed by atoms with Crippen molar-refractivity contribution in [1.29, 1.82) is 0 Å². The zero-order valence-corrected chi connectivity index (χ0v) is 22.9. The molecule has 200 valence electrons. The van der Waals surface area contributed by atoms with Crippen LogP contribution >= 0.6 is 0 Å². The predicted molar refractivity (Wildman–Crippen MR) is 152 cm³/mol. The molecule has 0 atom stereocenters. The van der Waals surface area contributed by atoms with Crippen molar-refractivity contribution in [3.63, 3.8) is 0 Å². The molecular weight excluding hydrogens is 488 g/mol. The Labute approximate surface area is 229 Å². The third-order valence-corrected chi connectivity index (χ3v) is 6.71. The fourth-order valence-electron chi connectivity index (χ4n) is 5.17. The molecule has 2 aromatic carbocycles. The summed E-state index contributed by atoms with van der Waals surface area (Å²) in [5.41, 5.74) is 5.67. The SMILES string of the molecule is CN(C)CC(C)(C)Oc1ccc2c(c1)C=C(C1=CC(NC(=O)c3cnn(Cc4ccccc4)c3)=CCC1=O)C2. The van der Waals surface area contributed by atoms with Crippen molar-refractivity contribution in [3.8, 4) is 5.75 Å². The molecule has 2 aliphatic carbocycles. The van der Waals surface area contributed by atoms with Gasteiger partial charge in [-0.3, -0.25) is 14.3 Å². The van der Waals surface area contributed by atoms with Crippen LogP contribution < -0.4 is 10.1 Å². The normalized spacial score (nSPS) is 15.0. The molecule has 0 unspecified atom stereocenters. The number of rotatable bonds is 9. The highest BCUT2D eigenvalue weighted by atomic mass is 16.5. The largest absolute Gasteiger partial charge is 0.487 e. The van der Waals surface area contributed by atoms with Gasteiger partial charge in [0.15, 0.2) is 5.78 Å². The number of likely N-dealkylation sites (N-methyl/N-ethyl adjacent to an activating group) is 1. The van der Waals surface area contributed by atoms with Crippen LogP contribution in [0.15, 0.2) is 89.9 Å². The summed E-state index contributed by atoms with van der Waals surface area (Å²) in [6, 6.07) is 16.1. The number of carbonyl (C=O) groups excluding carboxylic acids is 2. The molecule has 1 N–H and O–H groups in total. The molecule has 0 radical (unpaired) electrons. The van der Waals surface area contributed by atoms with Crippen molar-refractivity contribution in [3.05, 3.63) is 112 Å². The second-order valence-electron chi connectivity index (χ2n) is 11.0. The minimum Gasteiger partial charge on any atom is -0.487 e. The summed E-state index contributed by atoms with van der Waals surface area (Å²) >= 11 is 0. The smallest absolute Gasteiger partial charge is 0.258 e. The lowest BCUT2D eigenvalue weighted by molar-refractivity contribution is -0.114. The number of ketones is 1. The number of nitrogens with one attached hydrogen (secondary N) is 1. The van der Waals surface area contributed by atoms with Crippen LogP contribution in [0, 0.1) is 0 Å². The maximum Gasteiger partial charge on any atom is 0.258 e. The predicted octanol–water partition coefficient (Wildman–Crippen LogP) is 4.80. The molecule has 2 aliphatic rings. The Bertz CT molecular complexity index is 1490. The molecule has 7 heteroatoms. The van der Waals surface area contributed by atoms with E-state index in [-0.39, 0.29) is 23.7 Å². The highest BCUT2D eigenvalue weighted by Gasteiger charge is 2.25. The average Bonchev–Trinajstić information content (AvgIpc) is 3.51. The van der Waals surface area contributed by atoms with Crippen LogP contribution in [0.2, 0.25) is 0 Å². The number of nitrogens with zero attached hydrogens (tertiary/aromatic N) is 3. The number of amides is 1. The molecule has 0 saturated carbocycles. The van der Waals surface area contributed by atoms with Crippen LogP contribution in [0.4, 0.5) is 0 Å². The van der Waals surface area contributed by atoms with Crippen LogP contribution in [0.3, 0.4) is 0 Å². The molecule has 1 amide bonds. The first-order valence-electron chi connectivity index (χ1n) is 13.2. The third kappa shape index (κ3) is 6.44. The standard InChI is InChI=1S/C32H34N4O3/c1-32(2,21-35(3)4)39-28-12-10-23-14-25(15-24(23)16-28)29-17-27(11-13-30(29)37)34-31(38)26-18-33-36(20-26)19-22-8-6-5-7-9-22/h5-12,15-18,20H,13-14,19,21H2,1-4H3,(H,34,38). The zero-order valence-electron chi connectivity index (χ0n) is 22.9. The summed E-state index contributed by atoms with van der Waals surface area (Å²) < 4.78 is 8.00. The van der Waals surface area contributed by atoms with Gasteiger partial charge in [0.25, 0.3) is 5.91 Å². The van der Waals surface area contributed by atoms with Crippen LogP contribution in [0.5, 0.6) is 5.75 Å². The number of hydrogen-bond donors (Lipinski definition) is 1. The first-order chi connectivity index (χ1) is 18.6. The molecule has 0 fully saturated rings. The van der Waals surface area contributed by atoms with Crippen molar-refractivity contribution in [2.75, 3.05) is 20.6 Å². The lowest BCUT2D eigenvalue weighted by atomic mass is 9.93. The monoisotopic (exact) mass is 522 g/mol. The van der Waals surface area contributed by atoms with E-state index in [0.717, 1.165) is 34.6 Å². The van der Waals surface area contributed by atoms with Crippen molar-refractivity contribution < 1.29 is 14.3 Å². The van der Waals surface area contributed by atoms with Crippen LogP contribution in [-0.4, -0.2) is 52.6 Å². The van der Waals surface area contributed by atoms with Gasteiger partial charge < -0.3 is 15.0 Å². The topological polar surface area (TPSA) is 76.5 Å². The summed E-state index contributed by atoms with van der Waals surface area (Å²) in [7, 11) is 4.06. The summed E-state index contributed by atoms with van der Waals surface area (Å²) in [6.07, 6.45) is 9.82. The Balaban J connectivity index is 1.27. The van der Waals surface area contributed by atoms with E-state index < -0.39 is 0 Å². The van der Waals surface area contributed by atoms with Crippen molar-refractivity contribution >= 4 is 17.8 Å². The fraction of sp³-hybridized carbons (Fsp3) is 0.281. The van der Waals surface area contributed by atoms with Crippen molar-refractivity contribution in [1.82, 2.24) is 20.0 Å². The van der Waals surface area contributed by atoms with Crippen LogP contribution in [0.1, 0.15) is 47.3 Å². The quantitative estimate of drug-likeness (QED) is 0.437. The lowest BCUT2D eigenvalue weighted by Gasteiger charge is -2.29. The van der Waals surface area contributed by atoms with Crippen LogP contribution in [-0.2, 0) is 17.8 Å². The first kappa shape index (κ1) is 26.4. The van der Waals surface area contributed by atoms with Gasteiger partial charge in [0.05, 0.1) is 18.3 Å². The van der Waals surface area contributed by atoms with E-state index in [1.165, 1.54) is 0 Å². The van der Waals surface area contributed by atoms with Gasteiger partial charge in [0, 0.05) is 30.4 Å². The van der Waals surface area contributed by atoms with Gasteiger partial charge in [-0.2, -0.15) is 5.10 Å². The Morgan fingerprint density at radius 3 is 2.69 bits per heavy atom. The molecule has 1 aromatic heterocycles. The van der Waals surface area contributed by atoms with E-state index in [4.69, 9.17) is 4.74 Å². The second-order valence-corrected chi connectivity index (χ2v) is 11.0. The molecule has 0 spiro atoms. The van der Waals surface area contributed by atoms with Crippen LogP contribution in [0.25, 0.3) is 6.08 Å². The average molecular weight is 523 g/mol. The number of ether oxygens (including phenoxy) is 1. The van der Waals surface area contributed by atoms with Gasteiger partial charge in [0.1, 0.15) is 11.4 Å². The van der Waals surface area contributed by atoms with Gasteiger partial charge in [-0.05, 0) is 74.8 Å². The maximum absolute atomic E-state index is 12.9. The van der Waals surface area contributed by atoms with E-state index in [1.54, 1.807) is 29.2 Å². The molecule has 3 aromatic rings. The number of fused-ring (bicyclic) bond motifs is 1. The van der Waals surface area contributed by atoms with Gasteiger partial charge in [-0.25, -0.2) is 0 Å². The van der Waals surface area contributed by atoms with Crippen molar-refractivity contribution in [2.45, 2.75) is 38.8 Å². The van der Waals surface area contributed by atoms with Crippen molar-refractivity contribution in [2.24, 2.45) is 0 Å². The van der Waals surface area contributed by atoms with Gasteiger partial charge in [-0.1, -0.05) is 48.6 Å². The molecule has 1 heterocycles. The number of carbonyl (C=O) groups is 2. The molecule has 0 aliphatic heterocycles. The molecular formula is C32H34N4O3. The number of allylic oxidation sites excluding steroid dienone is 4. The highest BCUT2D eigenvalue weighted by Crippen LogP contribution is 2.34.